The van der Waals surface area contributed by atoms with Crippen molar-refractivity contribution in [2.24, 2.45) is 5.92 Å². The van der Waals surface area contributed by atoms with Crippen molar-refractivity contribution in [1.29, 1.82) is 0 Å². The van der Waals surface area contributed by atoms with Crippen molar-refractivity contribution in [3.8, 4) is 0 Å². The number of nitrogens with zero attached hydrogens (tertiary/aromatic N) is 2. The summed E-state index contributed by atoms with van der Waals surface area (Å²) in [5, 5.41) is 0. The number of hydrogen-bond donors (Lipinski definition) is 0. The van der Waals surface area contributed by atoms with E-state index in [4.69, 9.17) is 0 Å². The smallest absolute Gasteiger partial charge is 0.0234 e. The number of allylic oxidation sites excluding steroid dienone is 2. The highest BCUT2D eigenvalue weighted by Gasteiger charge is 2.20. The van der Waals surface area contributed by atoms with Crippen molar-refractivity contribution in [3.63, 3.8) is 0 Å². The number of hydrogen-bond acceptors (Lipinski definition) is 2. The Morgan fingerprint density at radius 2 is 1.65 bits per heavy atom. The van der Waals surface area contributed by atoms with E-state index in [1.165, 1.54) is 57.5 Å². The zero-order valence-electron chi connectivity index (χ0n) is 12.4. The van der Waals surface area contributed by atoms with Crippen molar-refractivity contribution in [3.05, 3.63) is 48.0 Å². The molecule has 0 amide bonds. The molecule has 0 unspecified atom stereocenters. The highest BCUT2D eigenvalue weighted by Crippen LogP contribution is 2.20. The van der Waals surface area contributed by atoms with Gasteiger partial charge in [0.15, 0.2) is 0 Å². The zero-order chi connectivity index (χ0) is 13.6. The van der Waals surface area contributed by atoms with Crippen molar-refractivity contribution >= 4 is 0 Å². The predicted octanol–water partition coefficient (Wildman–Crippen LogP) is 3.16. The van der Waals surface area contributed by atoms with Crippen molar-refractivity contribution in [1.82, 2.24) is 9.80 Å². The fourth-order valence-corrected chi connectivity index (χ4v) is 3.36. The molecular weight excluding hydrogens is 244 g/mol. The lowest BCUT2D eigenvalue weighted by Crippen LogP contribution is -2.47. The van der Waals surface area contributed by atoms with Crippen LogP contribution in [-0.4, -0.2) is 42.5 Å². The van der Waals surface area contributed by atoms with Crippen LogP contribution in [0.3, 0.4) is 0 Å². The van der Waals surface area contributed by atoms with Crippen LogP contribution in [0.2, 0.25) is 0 Å². The van der Waals surface area contributed by atoms with Crippen LogP contribution in [0.25, 0.3) is 0 Å². The molecule has 1 aromatic rings. The maximum atomic E-state index is 2.67. The van der Waals surface area contributed by atoms with Gasteiger partial charge in [-0.05, 0) is 30.7 Å². The van der Waals surface area contributed by atoms with Gasteiger partial charge in [0, 0.05) is 39.3 Å². The van der Waals surface area contributed by atoms with E-state index < -0.39 is 0 Å². The summed E-state index contributed by atoms with van der Waals surface area (Å²) in [6, 6.07) is 10.9. The van der Waals surface area contributed by atoms with E-state index in [0.717, 1.165) is 12.5 Å². The summed E-state index contributed by atoms with van der Waals surface area (Å²) in [5.74, 6) is 0.903. The van der Waals surface area contributed by atoms with Gasteiger partial charge in [-0.1, -0.05) is 42.5 Å². The molecule has 108 valence electrons. The average molecular weight is 270 g/mol. The van der Waals surface area contributed by atoms with Gasteiger partial charge in [-0.3, -0.25) is 4.90 Å². The topological polar surface area (TPSA) is 6.48 Å². The molecule has 0 aromatic heterocycles. The summed E-state index contributed by atoms with van der Waals surface area (Å²) in [5.41, 5.74) is 1.44. The Labute approximate surface area is 123 Å². The molecule has 1 heterocycles. The van der Waals surface area contributed by atoms with Crippen LogP contribution in [0.15, 0.2) is 42.5 Å². The van der Waals surface area contributed by atoms with Gasteiger partial charge in [0.05, 0.1) is 0 Å². The lowest BCUT2D eigenvalue weighted by atomic mass is 9.94. The molecule has 1 fully saturated rings. The van der Waals surface area contributed by atoms with Gasteiger partial charge in [-0.15, -0.1) is 0 Å². The van der Waals surface area contributed by atoms with Gasteiger partial charge >= 0.3 is 0 Å². The van der Waals surface area contributed by atoms with Gasteiger partial charge in [-0.25, -0.2) is 0 Å². The normalized spacial score (nSPS) is 24.9. The summed E-state index contributed by atoms with van der Waals surface area (Å²) in [6.07, 6.45) is 8.69. The van der Waals surface area contributed by atoms with Crippen LogP contribution in [-0.2, 0) is 6.54 Å². The second-order valence-corrected chi connectivity index (χ2v) is 6.21. The molecule has 0 radical (unpaired) electrons. The molecular formula is C18H26N2. The van der Waals surface area contributed by atoms with E-state index in [1.807, 2.05) is 0 Å². The molecule has 1 saturated heterocycles. The Bertz CT molecular complexity index is 418. The maximum absolute atomic E-state index is 2.67. The second-order valence-electron chi connectivity index (χ2n) is 6.21. The van der Waals surface area contributed by atoms with Crippen molar-refractivity contribution in [2.75, 3.05) is 32.7 Å². The first-order chi connectivity index (χ1) is 9.90. The first kappa shape index (κ1) is 13.8. The van der Waals surface area contributed by atoms with Gasteiger partial charge in [-0.2, -0.15) is 0 Å². The monoisotopic (exact) mass is 270 g/mol. The van der Waals surface area contributed by atoms with E-state index in [0.29, 0.717) is 0 Å². The SMILES string of the molecule is C1=CC[C@H](CN2CCN(Cc3ccccc3)CC2)CC1. The van der Waals surface area contributed by atoms with E-state index in [-0.39, 0.29) is 0 Å². The summed E-state index contributed by atoms with van der Waals surface area (Å²) >= 11 is 0. The van der Waals surface area contributed by atoms with E-state index in [2.05, 4.69) is 52.3 Å². The second kappa shape index (κ2) is 7.05. The molecule has 0 N–H and O–H groups in total. The fraction of sp³-hybridized carbons (Fsp3) is 0.556. The highest BCUT2D eigenvalue weighted by molar-refractivity contribution is 5.14. The maximum Gasteiger partial charge on any atom is 0.0234 e. The van der Waals surface area contributed by atoms with E-state index >= 15 is 0 Å². The lowest BCUT2D eigenvalue weighted by molar-refractivity contribution is 0.111. The van der Waals surface area contributed by atoms with Crippen LogP contribution in [0, 0.1) is 5.92 Å². The summed E-state index contributed by atoms with van der Waals surface area (Å²) in [7, 11) is 0. The van der Waals surface area contributed by atoms with Crippen molar-refractivity contribution in [2.45, 2.75) is 25.8 Å². The largest absolute Gasteiger partial charge is 0.301 e. The first-order valence-corrected chi connectivity index (χ1v) is 8.04. The minimum absolute atomic E-state index is 0.903. The molecule has 1 aliphatic heterocycles. The van der Waals surface area contributed by atoms with Gasteiger partial charge in [0.25, 0.3) is 0 Å². The Morgan fingerprint density at radius 1 is 0.900 bits per heavy atom. The van der Waals surface area contributed by atoms with Crippen LogP contribution < -0.4 is 0 Å². The molecule has 0 bridgehead atoms. The van der Waals surface area contributed by atoms with Crippen LogP contribution in [0.1, 0.15) is 24.8 Å². The molecule has 1 aromatic carbocycles. The predicted molar refractivity (Wildman–Crippen MR) is 84.6 cm³/mol. The minimum Gasteiger partial charge on any atom is -0.301 e. The van der Waals surface area contributed by atoms with Crippen LogP contribution in [0.4, 0.5) is 0 Å². The molecule has 3 rings (SSSR count). The molecule has 2 nitrogen and oxygen atoms in total. The zero-order valence-corrected chi connectivity index (χ0v) is 12.4. The Morgan fingerprint density at radius 3 is 2.35 bits per heavy atom. The van der Waals surface area contributed by atoms with E-state index in [9.17, 15) is 0 Å². The molecule has 0 saturated carbocycles. The highest BCUT2D eigenvalue weighted by atomic mass is 15.3. The summed E-state index contributed by atoms with van der Waals surface area (Å²) in [4.78, 5) is 5.26. The van der Waals surface area contributed by atoms with Crippen molar-refractivity contribution < 1.29 is 0 Å². The lowest BCUT2D eigenvalue weighted by Gasteiger charge is -2.36. The Balaban J connectivity index is 1.41. The van der Waals surface area contributed by atoms with Gasteiger partial charge in [0.2, 0.25) is 0 Å². The summed E-state index contributed by atoms with van der Waals surface area (Å²) in [6.45, 7) is 7.35. The number of rotatable bonds is 4. The van der Waals surface area contributed by atoms with E-state index in [1.54, 1.807) is 0 Å². The fourth-order valence-electron chi connectivity index (χ4n) is 3.36. The molecule has 2 heteroatoms. The third kappa shape index (κ3) is 3.94. The molecule has 0 spiro atoms. The van der Waals surface area contributed by atoms with Gasteiger partial charge in [0.1, 0.15) is 0 Å². The quantitative estimate of drug-likeness (QED) is 0.775. The van der Waals surface area contributed by atoms with Crippen LogP contribution in [0.5, 0.6) is 0 Å². The first-order valence-electron chi connectivity index (χ1n) is 8.04. The standard InChI is InChI=1S/C18H26N2/c1-3-7-17(8-4-1)15-19-11-13-20(14-12-19)16-18-9-5-2-6-10-18/h1-5,7-8,18H,6,9-16H2/t18-/m0/s1. The average Bonchev–Trinajstić information content (AvgIpc) is 2.51. The summed E-state index contributed by atoms with van der Waals surface area (Å²) < 4.78 is 0. The molecule has 1 aliphatic carbocycles. The number of benzene rings is 1. The third-order valence-corrected chi connectivity index (χ3v) is 4.61. The third-order valence-electron chi connectivity index (χ3n) is 4.61. The molecule has 2 aliphatic rings. The Kier molecular flexibility index (Phi) is 4.88. The Hall–Kier alpha value is -1.12. The number of piperazine rings is 1. The minimum atomic E-state index is 0.903. The molecule has 20 heavy (non-hydrogen) atoms. The van der Waals surface area contributed by atoms with Crippen LogP contribution >= 0.6 is 0 Å². The molecule has 1 atom stereocenters. The van der Waals surface area contributed by atoms with Gasteiger partial charge < -0.3 is 4.90 Å².